The van der Waals surface area contributed by atoms with Crippen LogP contribution in [0.4, 0.5) is 4.79 Å². The van der Waals surface area contributed by atoms with Crippen molar-refractivity contribution < 1.29 is 4.79 Å². The number of carbonyl (C=O) groups excluding carboxylic acids is 1. The highest BCUT2D eigenvalue weighted by Gasteiger charge is 2.61. The first kappa shape index (κ1) is 15.7. The Hall–Kier alpha value is -0.770. The molecule has 2 aliphatic carbocycles. The Morgan fingerprint density at radius 3 is 2.61 bits per heavy atom. The third kappa shape index (κ3) is 2.16. The lowest BCUT2D eigenvalue weighted by Gasteiger charge is -2.44. The molecule has 0 aromatic carbocycles. The quantitative estimate of drug-likeness (QED) is 0.806. The summed E-state index contributed by atoms with van der Waals surface area (Å²) in [6.07, 6.45) is 6.33. The summed E-state index contributed by atoms with van der Waals surface area (Å²) in [6.45, 7) is 12.6. The molecule has 0 aromatic rings. The fourth-order valence-electron chi connectivity index (χ4n) is 6.12. The first-order valence-electron chi connectivity index (χ1n) is 9.64. The van der Waals surface area contributed by atoms with E-state index in [9.17, 15) is 4.79 Å². The summed E-state index contributed by atoms with van der Waals surface area (Å²) in [6, 6.07) is 1.49. The van der Waals surface area contributed by atoms with Gasteiger partial charge in [-0.15, -0.1) is 0 Å². The van der Waals surface area contributed by atoms with Crippen molar-refractivity contribution in [2.45, 2.75) is 77.9 Å². The van der Waals surface area contributed by atoms with Crippen LogP contribution in [0, 0.1) is 16.7 Å². The van der Waals surface area contributed by atoms with Crippen LogP contribution in [0.5, 0.6) is 0 Å². The number of rotatable bonds is 1. The fourth-order valence-corrected chi connectivity index (χ4v) is 6.12. The molecule has 5 atom stereocenters. The molecule has 2 bridgehead atoms. The molecule has 4 nitrogen and oxygen atoms in total. The minimum absolute atomic E-state index is 0.193. The summed E-state index contributed by atoms with van der Waals surface area (Å²) in [5.74, 6) is 0.780. The molecule has 0 radical (unpaired) electrons. The molecule has 4 heteroatoms. The first-order valence-corrected chi connectivity index (χ1v) is 9.64. The second kappa shape index (κ2) is 5.11. The molecular formula is C19H33N3O. The first-order chi connectivity index (χ1) is 10.8. The normalized spacial score (nSPS) is 45.3. The molecule has 2 saturated carbocycles. The molecule has 2 heterocycles. The van der Waals surface area contributed by atoms with Crippen molar-refractivity contribution in [3.05, 3.63) is 0 Å². The smallest absolute Gasteiger partial charge is 0.317 e. The van der Waals surface area contributed by atoms with Crippen molar-refractivity contribution in [2.75, 3.05) is 19.6 Å². The van der Waals surface area contributed by atoms with Crippen molar-refractivity contribution >= 4 is 6.03 Å². The Morgan fingerprint density at radius 2 is 1.96 bits per heavy atom. The summed E-state index contributed by atoms with van der Waals surface area (Å²) in [5, 5.41) is 3.45. The van der Waals surface area contributed by atoms with E-state index in [4.69, 9.17) is 0 Å². The fraction of sp³-hybridized carbons (Fsp3) is 0.947. The van der Waals surface area contributed by atoms with Gasteiger partial charge in [0.1, 0.15) is 0 Å². The molecule has 0 unspecified atom stereocenters. The predicted molar refractivity (Wildman–Crippen MR) is 92.3 cm³/mol. The van der Waals surface area contributed by atoms with Crippen LogP contribution in [-0.4, -0.2) is 53.6 Å². The average molecular weight is 319 g/mol. The maximum Gasteiger partial charge on any atom is 0.317 e. The molecule has 0 spiro atoms. The van der Waals surface area contributed by atoms with Crippen LogP contribution < -0.4 is 5.32 Å². The zero-order valence-corrected chi connectivity index (χ0v) is 15.3. The van der Waals surface area contributed by atoms with E-state index in [0.717, 1.165) is 19.0 Å². The topological polar surface area (TPSA) is 35.6 Å². The number of amides is 2. The zero-order chi connectivity index (χ0) is 16.4. The van der Waals surface area contributed by atoms with Gasteiger partial charge in [-0.1, -0.05) is 20.8 Å². The van der Waals surface area contributed by atoms with Gasteiger partial charge >= 0.3 is 6.03 Å². The van der Waals surface area contributed by atoms with Gasteiger partial charge in [0.2, 0.25) is 0 Å². The van der Waals surface area contributed by atoms with E-state index in [1.54, 1.807) is 0 Å². The van der Waals surface area contributed by atoms with Crippen LogP contribution >= 0.6 is 0 Å². The van der Waals surface area contributed by atoms with E-state index >= 15 is 0 Å². The van der Waals surface area contributed by atoms with Crippen molar-refractivity contribution in [1.29, 1.82) is 0 Å². The summed E-state index contributed by atoms with van der Waals surface area (Å²) in [4.78, 5) is 17.7. The molecule has 130 valence electrons. The Labute approximate surface area is 141 Å². The Bertz CT molecular complexity index is 505. The molecule has 4 rings (SSSR count). The summed E-state index contributed by atoms with van der Waals surface area (Å²) in [5.41, 5.74) is 0.631. The minimum atomic E-state index is 0.193. The van der Waals surface area contributed by atoms with E-state index in [-0.39, 0.29) is 11.4 Å². The zero-order valence-electron chi connectivity index (χ0n) is 15.3. The molecule has 23 heavy (non-hydrogen) atoms. The predicted octanol–water partition coefficient (Wildman–Crippen LogP) is 3.08. The number of hydrogen-bond acceptors (Lipinski definition) is 2. The molecular weight excluding hydrogens is 286 g/mol. The molecule has 4 fully saturated rings. The third-order valence-electron chi connectivity index (χ3n) is 8.29. The van der Waals surface area contributed by atoms with Gasteiger partial charge < -0.3 is 10.2 Å². The van der Waals surface area contributed by atoms with Gasteiger partial charge in [0, 0.05) is 31.2 Å². The van der Waals surface area contributed by atoms with Crippen molar-refractivity contribution in [3.8, 4) is 0 Å². The largest absolute Gasteiger partial charge is 0.335 e. The van der Waals surface area contributed by atoms with Crippen LogP contribution in [0.2, 0.25) is 0 Å². The molecule has 0 aromatic heterocycles. The van der Waals surface area contributed by atoms with Crippen LogP contribution in [-0.2, 0) is 0 Å². The maximum atomic E-state index is 13.0. The minimum Gasteiger partial charge on any atom is -0.335 e. The van der Waals surface area contributed by atoms with Crippen LogP contribution in [0.1, 0.15) is 59.8 Å². The lowest BCUT2D eigenvalue weighted by atomic mass is 9.69. The van der Waals surface area contributed by atoms with E-state index in [1.165, 1.54) is 38.6 Å². The Kier molecular flexibility index (Phi) is 3.50. The second-order valence-electron chi connectivity index (χ2n) is 9.40. The van der Waals surface area contributed by atoms with Crippen LogP contribution in [0.25, 0.3) is 0 Å². The van der Waals surface area contributed by atoms with Gasteiger partial charge in [-0.2, -0.15) is 0 Å². The SMILES string of the molecule is C[C@@H]1CN2CCC[C@@H]2CN1C(=O)N[C@H]1C[C@H]2CC[C@@]1(C)C2(C)C. The van der Waals surface area contributed by atoms with E-state index in [1.807, 2.05) is 0 Å². The van der Waals surface area contributed by atoms with E-state index in [2.05, 4.69) is 42.8 Å². The van der Waals surface area contributed by atoms with Crippen molar-refractivity contribution in [2.24, 2.45) is 16.7 Å². The van der Waals surface area contributed by atoms with Gasteiger partial charge in [0.05, 0.1) is 0 Å². The summed E-state index contributed by atoms with van der Waals surface area (Å²) < 4.78 is 0. The molecule has 2 amide bonds. The molecule has 2 aliphatic heterocycles. The average Bonchev–Trinajstić information content (AvgIpc) is 3.08. The lowest BCUT2D eigenvalue weighted by molar-refractivity contribution is 0.0712. The van der Waals surface area contributed by atoms with Gasteiger partial charge in [0.15, 0.2) is 0 Å². The number of nitrogens with zero attached hydrogens (tertiary/aromatic N) is 2. The second-order valence-corrected chi connectivity index (χ2v) is 9.40. The van der Waals surface area contributed by atoms with Gasteiger partial charge in [0.25, 0.3) is 0 Å². The lowest BCUT2D eigenvalue weighted by Crippen LogP contribution is -2.61. The van der Waals surface area contributed by atoms with Crippen LogP contribution in [0.15, 0.2) is 0 Å². The number of urea groups is 1. The molecule has 2 saturated heterocycles. The van der Waals surface area contributed by atoms with Crippen molar-refractivity contribution in [1.82, 2.24) is 15.1 Å². The monoisotopic (exact) mass is 319 g/mol. The van der Waals surface area contributed by atoms with Gasteiger partial charge in [-0.3, -0.25) is 4.90 Å². The van der Waals surface area contributed by atoms with Crippen molar-refractivity contribution in [3.63, 3.8) is 0 Å². The van der Waals surface area contributed by atoms with Crippen LogP contribution in [0.3, 0.4) is 0 Å². The number of fused-ring (bicyclic) bond motifs is 3. The van der Waals surface area contributed by atoms with Gasteiger partial charge in [-0.05, 0) is 62.3 Å². The standard InChI is InChI=1S/C19H33N3O/c1-13-11-21-9-5-6-15(21)12-22(13)17(23)20-16-10-14-7-8-19(16,4)18(14,2)3/h13-16H,5-12H2,1-4H3,(H,20,23)/t13-,14-,15-,16+,19-/m1/s1. The highest BCUT2D eigenvalue weighted by atomic mass is 16.2. The van der Waals surface area contributed by atoms with E-state index < -0.39 is 0 Å². The van der Waals surface area contributed by atoms with E-state index in [0.29, 0.717) is 23.5 Å². The maximum absolute atomic E-state index is 13.0. The summed E-state index contributed by atoms with van der Waals surface area (Å²) >= 11 is 0. The number of nitrogens with one attached hydrogen (secondary N) is 1. The van der Waals surface area contributed by atoms with Gasteiger partial charge in [-0.25, -0.2) is 4.79 Å². The number of carbonyl (C=O) groups is 1. The Balaban J connectivity index is 1.44. The molecule has 4 aliphatic rings. The highest BCUT2D eigenvalue weighted by molar-refractivity contribution is 5.75. The number of hydrogen-bond donors (Lipinski definition) is 1. The Morgan fingerprint density at radius 1 is 1.17 bits per heavy atom. The third-order valence-corrected chi connectivity index (χ3v) is 8.29. The summed E-state index contributed by atoms with van der Waals surface area (Å²) in [7, 11) is 0. The molecule has 1 N–H and O–H groups in total. The number of piperazine rings is 1. The highest BCUT2D eigenvalue weighted by Crippen LogP contribution is 2.65.